The van der Waals surface area contributed by atoms with Gasteiger partial charge in [0.2, 0.25) is 0 Å². The summed E-state index contributed by atoms with van der Waals surface area (Å²) in [4.78, 5) is 4.59. The fourth-order valence-electron chi connectivity index (χ4n) is 3.27. The maximum atomic E-state index is 6.05. The highest BCUT2D eigenvalue weighted by atomic mass is 16.5. The molecule has 0 saturated heterocycles. The molecule has 0 spiro atoms. The minimum atomic E-state index is 0.373. The third-order valence-electron chi connectivity index (χ3n) is 4.93. The van der Waals surface area contributed by atoms with Gasteiger partial charge in [0, 0.05) is 25.8 Å². The number of nitrogens with one attached hydrogen (secondary N) is 2. The fraction of sp³-hybridized carbons (Fsp3) is 0.810. The Balaban J connectivity index is 1.63. The van der Waals surface area contributed by atoms with Crippen molar-refractivity contribution in [3.8, 4) is 0 Å². The summed E-state index contributed by atoms with van der Waals surface area (Å²) in [6.45, 7) is 9.39. The van der Waals surface area contributed by atoms with Gasteiger partial charge in [-0.2, -0.15) is 0 Å². The minimum absolute atomic E-state index is 0.373. The lowest BCUT2D eigenvalue weighted by Crippen LogP contribution is -2.37. The molecule has 1 aliphatic carbocycles. The van der Waals surface area contributed by atoms with Crippen molar-refractivity contribution >= 4 is 5.96 Å². The normalized spacial score (nSPS) is 16.5. The first-order valence-corrected chi connectivity index (χ1v) is 10.8. The van der Waals surface area contributed by atoms with Crippen LogP contribution in [0.25, 0.3) is 0 Å². The quantitative estimate of drug-likeness (QED) is 0.274. The summed E-state index contributed by atoms with van der Waals surface area (Å²) in [5, 5.41) is 10.7. The van der Waals surface area contributed by atoms with Gasteiger partial charge in [0.1, 0.15) is 6.54 Å². The van der Waals surface area contributed by atoms with E-state index in [1.807, 2.05) is 6.07 Å². The molecule has 0 atom stereocenters. The second-order valence-corrected chi connectivity index (χ2v) is 7.69. The van der Waals surface area contributed by atoms with Gasteiger partial charge in [0.05, 0.1) is 11.8 Å². The molecule has 27 heavy (non-hydrogen) atoms. The molecule has 0 aromatic carbocycles. The van der Waals surface area contributed by atoms with Crippen LogP contribution >= 0.6 is 0 Å². The SMILES string of the molecule is CCNC(=NCc1cc(C(C)C)no1)NCCCCOC1CCCCCC1. The summed E-state index contributed by atoms with van der Waals surface area (Å²) in [7, 11) is 0. The largest absolute Gasteiger partial charge is 0.378 e. The molecule has 1 aromatic heterocycles. The Bertz CT molecular complexity index is 534. The third kappa shape index (κ3) is 8.78. The van der Waals surface area contributed by atoms with Crippen molar-refractivity contribution in [3.05, 3.63) is 17.5 Å². The molecule has 1 aliphatic rings. The lowest BCUT2D eigenvalue weighted by molar-refractivity contribution is 0.0411. The molecule has 1 saturated carbocycles. The van der Waals surface area contributed by atoms with Crippen LogP contribution in [0.1, 0.15) is 89.5 Å². The maximum absolute atomic E-state index is 6.05. The second kappa shape index (κ2) is 12.8. The number of hydrogen-bond donors (Lipinski definition) is 2. The number of rotatable bonds is 10. The topological polar surface area (TPSA) is 71.7 Å². The lowest BCUT2D eigenvalue weighted by Gasteiger charge is -2.15. The van der Waals surface area contributed by atoms with Crippen LogP contribution in [0.5, 0.6) is 0 Å². The van der Waals surface area contributed by atoms with Gasteiger partial charge in [-0.1, -0.05) is 44.7 Å². The minimum Gasteiger partial charge on any atom is -0.378 e. The first-order valence-electron chi connectivity index (χ1n) is 10.8. The van der Waals surface area contributed by atoms with Crippen LogP contribution < -0.4 is 10.6 Å². The Morgan fingerprint density at radius 1 is 1.22 bits per heavy atom. The molecule has 154 valence electrons. The number of guanidine groups is 1. The standard InChI is InChI=1S/C21H38N4O2/c1-4-22-21(24-16-19-15-20(17(2)3)25-27-19)23-13-9-10-14-26-18-11-7-5-6-8-12-18/h15,17-18H,4-14,16H2,1-3H3,(H2,22,23,24). The lowest BCUT2D eigenvalue weighted by atomic mass is 10.1. The van der Waals surface area contributed by atoms with E-state index in [0.29, 0.717) is 18.6 Å². The molecule has 6 nitrogen and oxygen atoms in total. The van der Waals surface area contributed by atoms with Crippen LogP contribution in [0.15, 0.2) is 15.6 Å². The van der Waals surface area contributed by atoms with E-state index >= 15 is 0 Å². The molecule has 0 aliphatic heterocycles. The highest BCUT2D eigenvalue weighted by Gasteiger charge is 2.12. The highest BCUT2D eigenvalue weighted by Crippen LogP contribution is 2.20. The Morgan fingerprint density at radius 3 is 2.67 bits per heavy atom. The molecule has 6 heteroatoms. The summed E-state index contributed by atoms with van der Waals surface area (Å²) in [5.41, 5.74) is 0.979. The van der Waals surface area contributed by atoms with Crippen molar-refractivity contribution in [1.29, 1.82) is 0 Å². The zero-order chi connectivity index (χ0) is 19.3. The number of ether oxygens (including phenoxy) is 1. The Hall–Kier alpha value is -1.56. The molecule has 2 rings (SSSR count). The average Bonchev–Trinajstić information content (AvgIpc) is 2.99. The van der Waals surface area contributed by atoms with Crippen LogP contribution in [0.2, 0.25) is 0 Å². The van der Waals surface area contributed by atoms with E-state index < -0.39 is 0 Å². The number of aliphatic imine (C=N–C) groups is 1. The summed E-state index contributed by atoms with van der Waals surface area (Å²) in [6, 6.07) is 1.99. The van der Waals surface area contributed by atoms with Crippen LogP contribution in [0.3, 0.4) is 0 Å². The van der Waals surface area contributed by atoms with E-state index in [-0.39, 0.29) is 0 Å². The molecular weight excluding hydrogens is 340 g/mol. The molecule has 1 aromatic rings. The number of nitrogens with zero attached hydrogens (tertiary/aromatic N) is 2. The third-order valence-corrected chi connectivity index (χ3v) is 4.93. The summed E-state index contributed by atoms with van der Waals surface area (Å²) in [6.07, 6.45) is 10.6. The van der Waals surface area contributed by atoms with E-state index in [1.165, 1.54) is 38.5 Å². The van der Waals surface area contributed by atoms with Crippen molar-refractivity contribution in [2.75, 3.05) is 19.7 Å². The van der Waals surface area contributed by atoms with Gasteiger partial charge in [-0.3, -0.25) is 0 Å². The summed E-state index contributed by atoms with van der Waals surface area (Å²) >= 11 is 0. The molecule has 0 bridgehead atoms. The zero-order valence-electron chi connectivity index (χ0n) is 17.4. The van der Waals surface area contributed by atoms with Gasteiger partial charge < -0.3 is 19.9 Å². The van der Waals surface area contributed by atoms with Crippen molar-refractivity contribution in [2.24, 2.45) is 4.99 Å². The van der Waals surface area contributed by atoms with E-state index in [4.69, 9.17) is 9.26 Å². The Labute approximate surface area is 164 Å². The second-order valence-electron chi connectivity index (χ2n) is 7.69. The van der Waals surface area contributed by atoms with Gasteiger partial charge in [0.25, 0.3) is 0 Å². The van der Waals surface area contributed by atoms with E-state index in [9.17, 15) is 0 Å². The van der Waals surface area contributed by atoms with Gasteiger partial charge in [-0.15, -0.1) is 0 Å². The van der Waals surface area contributed by atoms with Gasteiger partial charge in [-0.05, 0) is 38.5 Å². The van der Waals surface area contributed by atoms with Gasteiger partial charge >= 0.3 is 0 Å². The predicted octanol–water partition coefficient (Wildman–Crippen LogP) is 4.37. The van der Waals surface area contributed by atoms with E-state index in [1.54, 1.807) is 0 Å². The molecule has 1 heterocycles. The summed E-state index contributed by atoms with van der Waals surface area (Å²) in [5.74, 6) is 2.00. The zero-order valence-corrected chi connectivity index (χ0v) is 17.4. The maximum Gasteiger partial charge on any atom is 0.191 e. The van der Waals surface area contributed by atoms with Crippen LogP contribution in [-0.2, 0) is 11.3 Å². The van der Waals surface area contributed by atoms with E-state index in [0.717, 1.165) is 50.0 Å². The molecule has 2 N–H and O–H groups in total. The first-order chi connectivity index (χ1) is 13.2. The predicted molar refractivity (Wildman–Crippen MR) is 110 cm³/mol. The number of hydrogen-bond acceptors (Lipinski definition) is 4. The van der Waals surface area contributed by atoms with E-state index in [2.05, 4.69) is 41.6 Å². The van der Waals surface area contributed by atoms with Crippen molar-refractivity contribution < 1.29 is 9.26 Å². The monoisotopic (exact) mass is 378 g/mol. The molecular formula is C21H38N4O2. The van der Waals surface area contributed by atoms with Gasteiger partial charge in [0.15, 0.2) is 11.7 Å². The van der Waals surface area contributed by atoms with Crippen LogP contribution in [0.4, 0.5) is 0 Å². The highest BCUT2D eigenvalue weighted by molar-refractivity contribution is 5.79. The van der Waals surface area contributed by atoms with Crippen molar-refractivity contribution in [2.45, 2.75) is 90.7 Å². The van der Waals surface area contributed by atoms with Gasteiger partial charge in [-0.25, -0.2) is 4.99 Å². The van der Waals surface area contributed by atoms with Crippen LogP contribution in [-0.4, -0.2) is 36.9 Å². The average molecular weight is 379 g/mol. The van der Waals surface area contributed by atoms with Crippen molar-refractivity contribution in [3.63, 3.8) is 0 Å². The smallest absolute Gasteiger partial charge is 0.191 e. The Morgan fingerprint density at radius 2 is 2.00 bits per heavy atom. The molecule has 1 fully saturated rings. The first kappa shape index (κ1) is 21.7. The van der Waals surface area contributed by atoms with Crippen molar-refractivity contribution in [1.82, 2.24) is 15.8 Å². The number of aromatic nitrogens is 1. The molecule has 0 unspecified atom stereocenters. The molecule has 0 radical (unpaired) electrons. The van der Waals surface area contributed by atoms with Crippen LogP contribution in [0, 0.1) is 0 Å². The molecule has 0 amide bonds. The Kier molecular flexibility index (Phi) is 10.3. The summed E-state index contributed by atoms with van der Waals surface area (Å²) < 4.78 is 11.4. The fourth-order valence-corrected chi connectivity index (χ4v) is 3.27. The number of unbranched alkanes of at least 4 members (excludes halogenated alkanes) is 1.